The number of hydrogen-bond donors (Lipinski definition) is 0. The highest BCUT2D eigenvalue weighted by Gasteiger charge is 2.27. The molecule has 3 aromatic rings. The maximum atomic E-state index is 13.1. The van der Waals surface area contributed by atoms with Crippen LogP contribution < -0.4 is 0 Å². The number of sulfonamides is 1. The number of nitrogens with zero attached hydrogens (tertiary/aromatic N) is 1. The molecular weight excluding hydrogens is 418 g/mol. The Balaban J connectivity index is 1.87. The van der Waals surface area contributed by atoms with Crippen molar-refractivity contribution in [3.63, 3.8) is 0 Å². The Morgan fingerprint density at radius 3 is 2.04 bits per heavy atom. The fourth-order valence-corrected chi connectivity index (χ4v) is 6.43. The summed E-state index contributed by atoms with van der Waals surface area (Å²) in [5.41, 5.74) is 2.10. The maximum absolute atomic E-state index is 13.1. The minimum absolute atomic E-state index is 0.358. The van der Waals surface area contributed by atoms with Crippen molar-refractivity contribution >= 4 is 37.3 Å². The topological polar surface area (TPSA) is 37.4 Å². The molecule has 0 saturated carbocycles. The normalized spacial score (nSPS) is 11.8. The van der Waals surface area contributed by atoms with Gasteiger partial charge in [0.1, 0.15) is 4.21 Å². The zero-order valence-corrected chi connectivity index (χ0v) is 16.7. The Labute approximate surface area is 161 Å². The van der Waals surface area contributed by atoms with E-state index in [0.29, 0.717) is 28.2 Å². The molecule has 0 N–H and O–H groups in total. The van der Waals surface area contributed by atoms with Gasteiger partial charge in [0.05, 0.1) is 0 Å². The van der Waals surface area contributed by atoms with E-state index in [0.717, 1.165) is 11.1 Å². The molecule has 0 spiro atoms. The molecule has 0 fully saturated rings. The van der Waals surface area contributed by atoms with Gasteiger partial charge < -0.3 is 0 Å². The van der Waals surface area contributed by atoms with Crippen LogP contribution in [0.25, 0.3) is 0 Å². The van der Waals surface area contributed by atoms with E-state index in [-0.39, 0.29) is 0 Å². The number of benzene rings is 2. The molecule has 3 rings (SSSR count). The van der Waals surface area contributed by atoms with Crippen molar-refractivity contribution in [1.82, 2.24) is 4.31 Å². The molecule has 0 saturated heterocycles. The smallest absolute Gasteiger partial charge is 0.206 e. The molecule has 0 radical (unpaired) electrons. The highest BCUT2D eigenvalue weighted by Crippen LogP contribution is 2.31. The zero-order chi connectivity index (χ0) is 17.7. The van der Waals surface area contributed by atoms with E-state index >= 15 is 0 Å². The van der Waals surface area contributed by atoms with Crippen molar-refractivity contribution in [2.45, 2.75) is 17.2 Å². The molecular formula is C19H18BrNO2S2. The average Bonchev–Trinajstić information content (AvgIpc) is 3.07. The van der Waals surface area contributed by atoms with Gasteiger partial charge in [0.2, 0.25) is 0 Å². The summed E-state index contributed by atoms with van der Waals surface area (Å²) in [6.45, 7) is 0.798. The van der Waals surface area contributed by atoms with Crippen LogP contribution in [-0.2, 0) is 23.0 Å². The number of hydrogen-bond acceptors (Lipinski definition) is 3. The lowest BCUT2D eigenvalue weighted by Gasteiger charge is -2.22. The van der Waals surface area contributed by atoms with Crippen molar-refractivity contribution in [2.75, 3.05) is 6.54 Å². The SMILES string of the molecule is O=S(=O)(c1sccc1Br)N(CCc1ccccc1)Cc1ccccc1. The van der Waals surface area contributed by atoms with E-state index in [1.54, 1.807) is 15.8 Å². The molecule has 130 valence electrons. The van der Waals surface area contributed by atoms with Gasteiger partial charge >= 0.3 is 0 Å². The first-order chi connectivity index (χ1) is 12.1. The van der Waals surface area contributed by atoms with Crippen LogP contribution in [-0.4, -0.2) is 19.3 Å². The van der Waals surface area contributed by atoms with Crippen LogP contribution in [0.1, 0.15) is 11.1 Å². The highest BCUT2D eigenvalue weighted by atomic mass is 79.9. The number of rotatable bonds is 7. The molecule has 3 nitrogen and oxygen atoms in total. The van der Waals surface area contributed by atoms with Gasteiger partial charge in [-0.3, -0.25) is 0 Å². The number of thiophene rings is 1. The van der Waals surface area contributed by atoms with Crippen molar-refractivity contribution in [3.05, 3.63) is 87.7 Å². The van der Waals surface area contributed by atoms with Gasteiger partial charge in [0.15, 0.2) is 0 Å². The zero-order valence-electron chi connectivity index (χ0n) is 13.5. The lowest BCUT2D eigenvalue weighted by molar-refractivity contribution is 0.410. The van der Waals surface area contributed by atoms with Gasteiger partial charge in [0.25, 0.3) is 10.0 Å². The second-order valence-electron chi connectivity index (χ2n) is 5.62. The summed E-state index contributed by atoms with van der Waals surface area (Å²) in [6.07, 6.45) is 0.676. The standard InChI is InChI=1S/C19H18BrNO2S2/c20-18-12-14-24-19(18)25(22,23)21(15-17-9-5-2-6-10-17)13-11-16-7-3-1-4-8-16/h1-10,12,14H,11,13,15H2. The third kappa shape index (κ3) is 4.58. The van der Waals surface area contributed by atoms with Crippen LogP contribution in [0, 0.1) is 0 Å². The summed E-state index contributed by atoms with van der Waals surface area (Å²) in [5.74, 6) is 0. The van der Waals surface area contributed by atoms with E-state index in [1.807, 2.05) is 60.7 Å². The van der Waals surface area contributed by atoms with E-state index in [4.69, 9.17) is 0 Å². The Morgan fingerprint density at radius 1 is 0.880 bits per heavy atom. The minimum atomic E-state index is -3.55. The van der Waals surface area contributed by atoms with Crippen molar-refractivity contribution in [3.8, 4) is 0 Å². The Bertz CT molecular complexity index is 909. The molecule has 0 bridgehead atoms. The van der Waals surface area contributed by atoms with Crippen LogP contribution in [0.15, 0.2) is 80.8 Å². The number of halogens is 1. The lowest BCUT2D eigenvalue weighted by atomic mass is 10.1. The predicted molar refractivity (Wildman–Crippen MR) is 106 cm³/mol. The summed E-state index contributed by atoms with van der Waals surface area (Å²) in [4.78, 5) is 0. The first-order valence-electron chi connectivity index (χ1n) is 7.88. The maximum Gasteiger partial charge on any atom is 0.254 e. The molecule has 1 aromatic heterocycles. The summed E-state index contributed by atoms with van der Waals surface area (Å²) >= 11 is 4.60. The summed E-state index contributed by atoms with van der Waals surface area (Å²) in [7, 11) is -3.55. The Kier molecular flexibility index (Phi) is 6.06. The van der Waals surface area contributed by atoms with Gasteiger partial charge in [-0.2, -0.15) is 4.31 Å². The third-order valence-electron chi connectivity index (χ3n) is 3.85. The molecule has 0 aliphatic carbocycles. The van der Waals surface area contributed by atoms with E-state index in [2.05, 4.69) is 15.9 Å². The Morgan fingerprint density at radius 2 is 1.48 bits per heavy atom. The first-order valence-corrected chi connectivity index (χ1v) is 11.0. The van der Waals surface area contributed by atoms with Crippen LogP contribution in [0.2, 0.25) is 0 Å². The van der Waals surface area contributed by atoms with Crippen LogP contribution >= 0.6 is 27.3 Å². The van der Waals surface area contributed by atoms with Gasteiger partial charge in [0, 0.05) is 17.6 Å². The summed E-state index contributed by atoms with van der Waals surface area (Å²) in [5, 5.41) is 1.79. The monoisotopic (exact) mass is 435 g/mol. The molecule has 0 aliphatic heterocycles. The fraction of sp³-hybridized carbons (Fsp3) is 0.158. The van der Waals surface area contributed by atoms with Crippen molar-refractivity contribution < 1.29 is 8.42 Å². The second kappa shape index (κ2) is 8.27. The summed E-state index contributed by atoms with van der Waals surface area (Å²) < 4.78 is 28.8. The van der Waals surface area contributed by atoms with E-state index < -0.39 is 10.0 Å². The predicted octanol–water partition coefficient (Wildman–Crippen LogP) is 4.94. The van der Waals surface area contributed by atoms with Crippen molar-refractivity contribution in [2.24, 2.45) is 0 Å². The fourth-order valence-electron chi connectivity index (χ4n) is 2.55. The summed E-state index contributed by atoms with van der Waals surface area (Å²) in [6, 6.07) is 21.4. The van der Waals surface area contributed by atoms with Crippen LogP contribution in [0.4, 0.5) is 0 Å². The molecule has 25 heavy (non-hydrogen) atoms. The molecule has 0 atom stereocenters. The van der Waals surface area contributed by atoms with Gasteiger partial charge in [-0.25, -0.2) is 8.42 Å². The molecule has 0 unspecified atom stereocenters. The average molecular weight is 436 g/mol. The van der Waals surface area contributed by atoms with Crippen LogP contribution in [0.3, 0.4) is 0 Å². The molecule has 0 amide bonds. The molecule has 0 aliphatic rings. The van der Waals surface area contributed by atoms with E-state index in [1.165, 1.54) is 11.3 Å². The van der Waals surface area contributed by atoms with Gasteiger partial charge in [-0.05, 0) is 44.9 Å². The van der Waals surface area contributed by atoms with Gasteiger partial charge in [-0.15, -0.1) is 11.3 Å². The molecule has 1 heterocycles. The molecule has 6 heteroatoms. The largest absolute Gasteiger partial charge is 0.254 e. The third-order valence-corrected chi connectivity index (χ3v) is 8.35. The molecule has 2 aromatic carbocycles. The lowest BCUT2D eigenvalue weighted by Crippen LogP contribution is -2.32. The quantitative estimate of drug-likeness (QED) is 0.526. The van der Waals surface area contributed by atoms with Gasteiger partial charge in [-0.1, -0.05) is 60.7 Å². The second-order valence-corrected chi connectivity index (χ2v) is 9.52. The highest BCUT2D eigenvalue weighted by molar-refractivity contribution is 9.10. The van der Waals surface area contributed by atoms with Crippen LogP contribution in [0.5, 0.6) is 0 Å². The first kappa shape index (κ1) is 18.3. The van der Waals surface area contributed by atoms with Crippen molar-refractivity contribution in [1.29, 1.82) is 0 Å². The van der Waals surface area contributed by atoms with E-state index in [9.17, 15) is 8.42 Å². The minimum Gasteiger partial charge on any atom is -0.206 e. The Hall–Kier alpha value is -1.47.